The Morgan fingerprint density at radius 3 is 2.66 bits per heavy atom. The van der Waals surface area contributed by atoms with Crippen LogP contribution in [0.4, 0.5) is 0 Å². The van der Waals surface area contributed by atoms with Gasteiger partial charge in [-0.25, -0.2) is 4.79 Å². The zero-order valence-corrected chi connectivity index (χ0v) is 18.1. The normalized spacial score (nSPS) is 25.6. The van der Waals surface area contributed by atoms with Crippen molar-refractivity contribution in [2.45, 2.75) is 72.8 Å². The van der Waals surface area contributed by atoms with Crippen molar-refractivity contribution >= 4 is 16.9 Å². The summed E-state index contributed by atoms with van der Waals surface area (Å²) in [4.78, 5) is 27.7. The number of aryl methyl sites for hydroxylation is 2. The predicted octanol–water partition coefficient (Wildman–Crippen LogP) is 4.48. The van der Waals surface area contributed by atoms with Crippen LogP contribution in [0.15, 0.2) is 21.3 Å². The average molecular weight is 398 g/mol. The number of aromatic hydroxyl groups is 1. The highest BCUT2D eigenvalue weighted by Gasteiger charge is 2.50. The molecule has 2 bridgehead atoms. The second-order valence-electron chi connectivity index (χ2n) is 10.3. The van der Waals surface area contributed by atoms with E-state index in [0.717, 1.165) is 36.8 Å². The van der Waals surface area contributed by atoms with Crippen molar-refractivity contribution in [3.8, 4) is 5.75 Å². The van der Waals surface area contributed by atoms with Gasteiger partial charge in [0.15, 0.2) is 0 Å². The molecule has 2 aromatic rings. The summed E-state index contributed by atoms with van der Waals surface area (Å²) >= 11 is 0. The number of rotatable bonds is 3. The third kappa shape index (κ3) is 3.45. The molecule has 0 spiro atoms. The summed E-state index contributed by atoms with van der Waals surface area (Å²) < 4.78 is 5.52. The van der Waals surface area contributed by atoms with Crippen molar-refractivity contribution in [1.82, 2.24) is 4.90 Å². The zero-order valence-electron chi connectivity index (χ0n) is 18.1. The van der Waals surface area contributed by atoms with Gasteiger partial charge in [-0.1, -0.05) is 20.8 Å². The van der Waals surface area contributed by atoms with E-state index in [-0.39, 0.29) is 22.5 Å². The number of benzene rings is 1. The molecule has 1 N–H and O–H groups in total. The maximum Gasteiger partial charge on any atom is 0.339 e. The molecule has 0 unspecified atom stereocenters. The highest BCUT2D eigenvalue weighted by atomic mass is 16.4. The van der Waals surface area contributed by atoms with Crippen LogP contribution in [-0.2, 0) is 11.2 Å². The van der Waals surface area contributed by atoms with Crippen LogP contribution in [-0.4, -0.2) is 28.5 Å². The number of nitrogens with zero attached hydrogens (tertiary/aromatic N) is 1. The summed E-state index contributed by atoms with van der Waals surface area (Å²) in [5.41, 5.74) is 2.44. The summed E-state index contributed by atoms with van der Waals surface area (Å²) in [6.07, 6.45) is 3.99. The zero-order chi connectivity index (χ0) is 21.1. The average Bonchev–Trinajstić information content (AvgIpc) is 2.87. The summed E-state index contributed by atoms with van der Waals surface area (Å²) in [6.45, 7) is 11.3. The molecule has 2 atom stereocenters. The molecule has 156 valence electrons. The monoisotopic (exact) mass is 397 g/mol. The first-order valence-corrected chi connectivity index (χ1v) is 10.5. The van der Waals surface area contributed by atoms with Gasteiger partial charge in [-0.15, -0.1) is 0 Å². The minimum atomic E-state index is -0.412. The molecule has 1 aliphatic heterocycles. The number of carbonyl (C=O) groups excluding carboxylic acids is 1. The van der Waals surface area contributed by atoms with E-state index in [1.807, 2.05) is 6.92 Å². The van der Waals surface area contributed by atoms with Gasteiger partial charge in [-0.3, -0.25) is 4.79 Å². The van der Waals surface area contributed by atoms with E-state index >= 15 is 0 Å². The van der Waals surface area contributed by atoms with Gasteiger partial charge in [0, 0.05) is 35.5 Å². The molecule has 4 rings (SSSR count). The highest BCUT2D eigenvalue weighted by Crippen LogP contribution is 2.52. The van der Waals surface area contributed by atoms with Crippen LogP contribution in [0.25, 0.3) is 11.0 Å². The lowest BCUT2D eigenvalue weighted by Gasteiger charge is -2.39. The molecule has 2 aliphatic rings. The first kappa shape index (κ1) is 20.0. The standard InChI is InChI=1S/C24H31NO4/c1-14-17-6-8-19(26)15(2)21(17)29-22(28)18(14)7-9-20(27)25-13-24(5)11-16(25)10-23(3,4)12-24/h6,8,16,26H,7,9-13H2,1-5H3/t16-,24+/m1/s1. The summed E-state index contributed by atoms with van der Waals surface area (Å²) in [6, 6.07) is 3.70. The van der Waals surface area contributed by atoms with Gasteiger partial charge in [0.1, 0.15) is 11.3 Å². The number of phenolic OH excluding ortho intramolecular Hbond substituents is 1. The second-order valence-corrected chi connectivity index (χ2v) is 10.3. The van der Waals surface area contributed by atoms with Crippen molar-refractivity contribution in [1.29, 1.82) is 0 Å². The summed E-state index contributed by atoms with van der Waals surface area (Å²) in [5.74, 6) is 0.247. The largest absolute Gasteiger partial charge is 0.508 e. The van der Waals surface area contributed by atoms with E-state index in [1.54, 1.807) is 19.1 Å². The lowest BCUT2D eigenvalue weighted by Crippen LogP contribution is -2.38. The van der Waals surface area contributed by atoms with Crippen molar-refractivity contribution in [3.63, 3.8) is 0 Å². The molecule has 29 heavy (non-hydrogen) atoms. The fraction of sp³-hybridized carbons (Fsp3) is 0.583. The Morgan fingerprint density at radius 1 is 1.21 bits per heavy atom. The third-order valence-electron chi connectivity index (χ3n) is 7.00. The van der Waals surface area contributed by atoms with Gasteiger partial charge in [-0.05, 0) is 68.1 Å². The molecule has 0 radical (unpaired) electrons. The molecular formula is C24H31NO4. The minimum Gasteiger partial charge on any atom is -0.508 e. The quantitative estimate of drug-likeness (QED) is 0.776. The Kier molecular flexibility index (Phi) is 4.56. The fourth-order valence-electron chi connectivity index (χ4n) is 5.99. The maximum atomic E-state index is 13.1. The van der Waals surface area contributed by atoms with E-state index in [0.29, 0.717) is 35.6 Å². The van der Waals surface area contributed by atoms with Gasteiger partial charge in [0.05, 0.1) is 0 Å². The van der Waals surface area contributed by atoms with E-state index in [2.05, 4.69) is 25.7 Å². The number of hydrogen-bond donors (Lipinski definition) is 1. The van der Waals surface area contributed by atoms with Crippen LogP contribution in [0.5, 0.6) is 5.75 Å². The molecule has 1 aromatic carbocycles. The van der Waals surface area contributed by atoms with Crippen LogP contribution >= 0.6 is 0 Å². The predicted molar refractivity (Wildman–Crippen MR) is 113 cm³/mol. The van der Waals surface area contributed by atoms with Crippen molar-refractivity contribution in [2.24, 2.45) is 10.8 Å². The Balaban J connectivity index is 1.55. The van der Waals surface area contributed by atoms with Gasteiger partial charge >= 0.3 is 5.63 Å². The third-order valence-corrected chi connectivity index (χ3v) is 7.00. The molecule has 2 fully saturated rings. The van der Waals surface area contributed by atoms with Crippen LogP contribution < -0.4 is 5.63 Å². The minimum absolute atomic E-state index is 0.111. The first-order chi connectivity index (χ1) is 13.5. The summed E-state index contributed by atoms with van der Waals surface area (Å²) in [7, 11) is 0. The lowest BCUT2D eigenvalue weighted by atomic mass is 9.65. The molecular weight excluding hydrogens is 366 g/mol. The number of amides is 1. The summed E-state index contributed by atoms with van der Waals surface area (Å²) in [5, 5.41) is 10.7. The number of hydrogen-bond acceptors (Lipinski definition) is 4. The Labute approximate surface area is 171 Å². The van der Waals surface area contributed by atoms with Gasteiger partial charge in [0.2, 0.25) is 5.91 Å². The molecule has 1 aliphatic carbocycles. The smallest absolute Gasteiger partial charge is 0.339 e. The number of carbonyl (C=O) groups is 1. The van der Waals surface area contributed by atoms with Crippen molar-refractivity contribution < 1.29 is 14.3 Å². The van der Waals surface area contributed by atoms with Crippen LogP contribution in [0.1, 0.15) is 63.1 Å². The van der Waals surface area contributed by atoms with Crippen LogP contribution in [0, 0.1) is 24.7 Å². The SMILES string of the molecule is Cc1c(CCC(=O)N2C[C@@]3(C)C[C@H]2CC(C)(C)C3)c(=O)oc2c(C)c(O)ccc12. The van der Waals surface area contributed by atoms with E-state index < -0.39 is 5.63 Å². The van der Waals surface area contributed by atoms with Gasteiger partial charge in [-0.2, -0.15) is 0 Å². The van der Waals surface area contributed by atoms with Gasteiger partial charge < -0.3 is 14.4 Å². The Bertz CT molecular complexity index is 1050. The van der Waals surface area contributed by atoms with Crippen molar-refractivity contribution in [3.05, 3.63) is 39.2 Å². The first-order valence-electron chi connectivity index (χ1n) is 10.5. The molecule has 5 heteroatoms. The van der Waals surface area contributed by atoms with Crippen LogP contribution in [0.2, 0.25) is 0 Å². The van der Waals surface area contributed by atoms with Crippen LogP contribution in [0.3, 0.4) is 0 Å². The highest BCUT2D eigenvalue weighted by molar-refractivity contribution is 5.85. The van der Waals surface area contributed by atoms with E-state index in [9.17, 15) is 14.7 Å². The maximum absolute atomic E-state index is 13.1. The van der Waals surface area contributed by atoms with Gasteiger partial charge in [0.25, 0.3) is 0 Å². The number of phenols is 1. The lowest BCUT2D eigenvalue weighted by molar-refractivity contribution is -0.132. The van der Waals surface area contributed by atoms with E-state index in [1.165, 1.54) is 0 Å². The van der Waals surface area contributed by atoms with E-state index in [4.69, 9.17) is 4.42 Å². The Morgan fingerprint density at radius 2 is 1.93 bits per heavy atom. The van der Waals surface area contributed by atoms with Crippen molar-refractivity contribution in [2.75, 3.05) is 6.54 Å². The molecule has 1 saturated heterocycles. The topological polar surface area (TPSA) is 70.8 Å². The second kappa shape index (κ2) is 6.61. The number of likely N-dealkylation sites (tertiary alicyclic amines) is 1. The Hall–Kier alpha value is -2.30. The molecule has 1 aromatic heterocycles. The molecule has 1 amide bonds. The molecule has 5 nitrogen and oxygen atoms in total. The fourth-order valence-corrected chi connectivity index (χ4v) is 5.99. The molecule has 2 heterocycles. The number of fused-ring (bicyclic) bond motifs is 3. The molecule has 1 saturated carbocycles.